The van der Waals surface area contributed by atoms with Gasteiger partial charge in [0, 0.05) is 4.75 Å². The van der Waals surface area contributed by atoms with Crippen molar-refractivity contribution in [1.82, 2.24) is 0 Å². The lowest BCUT2D eigenvalue weighted by Gasteiger charge is -2.33. The molecule has 1 unspecified atom stereocenters. The SMILES string of the molecule is CCOC(=O)C(SC(C)(C)C)C(C)(C)C. The molecule has 15 heavy (non-hydrogen) atoms. The third kappa shape index (κ3) is 6.08. The van der Waals surface area contributed by atoms with Crippen molar-refractivity contribution in [3.8, 4) is 0 Å². The van der Waals surface area contributed by atoms with Gasteiger partial charge in [-0.2, -0.15) is 0 Å². The number of carbonyl (C=O) groups excluding carboxylic acids is 1. The van der Waals surface area contributed by atoms with Crippen LogP contribution in [0.25, 0.3) is 0 Å². The predicted octanol–water partition coefficient (Wildman–Crippen LogP) is 3.50. The molecule has 0 fully saturated rings. The largest absolute Gasteiger partial charge is 0.465 e. The molecule has 0 aromatic carbocycles. The lowest BCUT2D eigenvalue weighted by molar-refractivity contribution is -0.144. The third-order valence-corrected chi connectivity index (χ3v) is 3.60. The van der Waals surface area contributed by atoms with E-state index in [0.717, 1.165) is 0 Å². The van der Waals surface area contributed by atoms with Gasteiger partial charge in [0.25, 0.3) is 0 Å². The molecule has 0 aliphatic carbocycles. The fraction of sp³-hybridized carbons (Fsp3) is 0.917. The van der Waals surface area contributed by atoms with E-state index < -0.39 is 0 Å². The van der Waals surface area contributed by atoms with Crippen LogP contribution in [0.5, 0.6) is 0 Å². The van der Waals surface area contributed by atoms with E-state index in [-0.39, 0.29) is 21.4 Å². The summed E-state index contributed by atoms with van der Waals surface area (Å²) in [4.78, 5) is 11.8. The van der Waals surface area contributed by atoms with Gasteiger partial charge in [-0.15, -0.1) is 11.8 Å². The monoisotopic (exact) mass is 232 g/mol. The quantitative estimate of drug-likeness (QED) is 0.697. The van der Waals surface area contributed by atoms with Crippen molar-refractivity contribution < 1.29 is 9.53 Å². The molecule has 0 N–H and O–H groups in total. The van der Waals surface area contributed by atoms with Gasteiger partial charge in [-0.05, 0) is 12.3 Å². The maximum absolute atomic E-state index is 11.8. The minimum Gasteiger partial charge on any atom is -0.465 e. The molecule has 0 saturated heterocycles. The molecule has 0 aliphatic rings. The average molecular weight is 232 g/mol. The van der Waals surface area contributed by atoms with Gasteiger partial charge < -0.3 is 4.74 Å². The van der Waals surface area contributed by atoms with E-state index in [2.05, 4.69) is 41.5 Å². The van der Waals surface area contributed by atoms with E-state index >= 15 is 0 Å². The molecule has 0 bridgehead atoms. The van der Waals surface area contributed by atoms with E-state index in [9.17, 15) is 4.79 Å². The maximum atomic E-state index is 11.8. The first kappa shape index (κ1) is 14.8. The van der Waals surface area contributed by atoms with Crippen LogP contribution in [0.1, 0.15) is 48.5 Å². The summed E-state index contributed by atoms with van der Waals surface area (Å²) in [5, 5.41) is -0.0996. The first-order valence-electron chi connectivity index (χ1n) is 5.42. The molecule has 0 rings (SSSR count). The third-order valence-electron chi connectivity index (χ3n) is 1.76. The fourth-order valence-electron chi connectivity index (χ4n) is 1.15. The zero-order chi connectivity index (χ0) is 12.3. The highest BCUT2D eigenvalue weighted by atomic mass is 32.2. The second-order valence-electron chi connectivity index (χ2n) is 5.73. The molecule has 0 aliphatic heterocycles. The van der Waals surface area contributed by atoms with E-state index in [1.807, 2.05) is 6.92 Å². The molecule has 0 radical (unpaired) electrons. The number of rotatable bonds is 3. The highest BCUT2D eigenvalue weighted by Gasteiger charge is 2.36. The first-order valence-corrected chi connectivity index (χ1v) is 6.30. The number of hydrogen-bond acceptors (Lipinski definition) is 3. The van der Waals surface area contributed by atoms with Crippen LogP contribution < -0.4 is 0 Å². The zero-order valence-electron chi connectivity index (χ0n) is 11.0. The summed E-state index contributed by atoms with van der Waals surface area (Å²) >= 11 is 1.68. The van der Waals surface area contributed by atoms with Gasteiger partial charge in [0.05, 0.1) is 6.61 Å². The Hall–Kier alpha value is -0.180. The van der Waals surface area contributed by atoms with Gasteiger partial charge in [-0.25, -0.2) is 0 Å². The Morgan fingerprint density at radius 3 is 1.93 bits per heavy atom. The lowest BCUT2D eigenvalue weighted by atomic mass is 9.92. The van der Waals surface area contributed by atoms with Gasteiger partial charge >= 0.3 is 5.97 Å². The Kier molecular flexibility index (Phi) is 5.18. The Morgan fingerprint density at radius 2 is 1.67 bits per heavy atom. The lowest BCUT2D eigenvalue weighted by Crippen LogP contribution is -2.36. The molecule has 0 amide bonds. The molecule has 0 heterocycles. The van der Waals surface area contributed by atoms with E-state index in [1.165, 1.54) is 0 Å². The van der Waals surface area contributed by atoms with E-state index in [1.54, 1.807) is 11.8 Å². The summed E-state index contributed by atoms with van der Waals surface area (Å²) in [6.45, 7) is 14.9. The van der Waals surface area contributed by atoms with Crippen LogP contribution >= 0.6 is 11.8 Å². The van der Waals surface area contributed by atoms with Crippen molar-refractivity contribution >= 4 is 17.7 Å². The summed E-state index contributed by atoms with van der Waals surface area (Å²) < 4.78 is 5.19. The molecular weight excluding hydrogens is 208 g/mol. The summed E-state index contributed by atoms with van der Waals surface area (Å²) in [5.41, 5.74) is -0.0653. The Balaban J connectivity index is 4.68. The van der Waals surface area contributed by atoms with Crippen LogP contribution in [0.3, 0.4) is 0 Å². The number of hydrogen-bond donors (Lipinski definition) is 0. The Bertz CT molecular complexity index is 211. The first-order chi connectivity index (χ1) is 6.58. The molecule has 3 heteroatoms. The second-order valence-corrected chi connectivity index (χ2v) is 7.66. The van der Waals surface area contributed by atoms with Gasteiger partial charge in [0.15, 0.2) is 0 Å². The van der Waals surface area contributed by atoms with Gasteiger partial charge in [-0.3, -0.25) is 4.79 Å². The van der Waals surface area contributed by atoms with Crippen molar-refractivity contribution in [2.75, 3.05) is 6.61 Å². The summed E-state index contributed by atoms with van der Waals surface area (Å²) in [7, 11) is 0. The van der Waals surface area contributed by atoms with Crippen LogP contribution in [-0.2, 0) is 9.53 Å². The smallest absolute Gasteiger partial charge is 0.319 e. The topological polar surface area (TPSA) is 26.3 Å². The predicted molar refractivity (Wildman–Crippen MR) is 67.2 cm³/mol. The van der Waals surface area contributed by atoms with Crippen LogP contribution in [0.4, 0.5) is 0 Å². The van der Waals surface area contributed by atoms with Crippen LogP contribution in [0.15, 0.2) is 0 Å². The number of ether oxygens (including phenoxy) is 1. The Morgan fingerprint density at radius 1 is 1.20 bits per heavy atom. The fourth-order valence-corrected chi connectivity index (χ4v) is 2.37. The van der Waals surface area contributed by atoms with E-state index in [0.29, 0.717) is 6.61 Å². The standard InChI is InChI=1S/C12H24O2S/c1-8-14-10(13)9(11(2,3)4)15-12(5,6)7/h9H,8H2,1-7H3. The summed E-state index contributed by atoms with van der Waals surface area (Å²) in [6, 6.07) is 0. The van der Waals surface area contributed by atoms with Gasteiger partial charge in [-0.1, -0.05) is 41.5 Å². The zero-order valence-corrected chi connectivity index (χ0v) is 11.8. The molecule has 0 aromatic rings. The van der Waals surface area contributed by atoms with Crippen molar-refractivity contribution in [2.45, 2.75) is 58.5 Å². The van der Waals surface area contributed by atoms with Crippen molar-refractivity contribution in [3.05, 3.63) is 0 Å². The minimum atomic E-state index is -0.0996. The van der Waals surface area contributed by atoms with Crippen molar-refractivity contribution in [2.24, 2.45) is 5.41 Å². The van der Waals surface area contributed by atoms with Gasteiger partial charge in [0.1, 0.15) is 5.25 Å². The number of thioether (sulfide) groups is 1. The maximum Gasteiger partial charge on any atom is 0.319 e. The van der Waals surface area contributed by atoms with Crippen molar-refractivity contribution in [1.29, 1.82) is 0 Å². The van der Waals surface area contributed by atoms with Crippen LogP contribution in [0, 0.1) is 5.41 Å². The highest BCUT2D eigenvalue weighted by molar-refractivity contribution is 8.01. The molecule has 2 nitrogen and oxygen atoms in total. The van der Waals surface area contributed by atoms with Crippen LogP contribution in [0.2, 0.25) is 0 Å². The molecule has 1 atom stereocenters. The van der Waals surface area contributed by atoms with Crippen molar-refractivity contribution in [3.63, 3.8) is 0 Å². The molecule has 90 valence electrons. The summed E-state index contributed by atoms with van der Waals surface area (Å²) in [6.07, 6.45) is 0. The molecule has 0 aromatic heterocycles. The highest BCUT2D eigenvalue weighted by Crippen LogP contribution is 2.38. The average Bonchev–Trinajstić information content (AvgIpc) is 1.97. The molecule has 0 saturated carbocycles. The van der Waals surface area contributed by atoms with E-state index in [4.69, 9.17) is 4.74 Å². The number of carbonyl (C=O) groups is 1. The van der Waals surface area contributed by atoms with Crippen LogP contribution in [-0.4, -0.2) is 22.6 Å². The Labute approximate surface area is 98.2 Å². The second kappa shape index (κ2) is 5.24. The minimum absolute atomic E-state index is 0.0653. The number of esters is 1. The normalized spacial score (nSPS) is 14.9. The molecular formula is C12H24O2S. The molecule has 0 spiro atoms. The summed E-state index contributed by atoms with van der Waals surface area (Å²) in [5.74, 6) is -0.0927. The van der Waals surface area contributed by atoms with Gasteiger partial charge in [0.2, 0.25) is 0 Å².